The molecule has 2 amide bonds. The number of carbonyl (C=O) groups is 2. The van der Waals surface area contributed by atoms with Gasteiger partial charge in [0.2, 0.25) is 11.8 Å². The number of amides is 2. The Morgan fingerprint density at radius 2 is 1.59 bits per heavy atom. The molecule has 0 aromatic heterocycles. The van der Waals surface area contributed by atoms with Gasteiger partial charge in [-0.3, -0.25) is 9.59 Å². The monoisotopic (exact) mass is 302 g/mol. The molecule has 2 rings (SSSR count). The molecule has 0 saturated heterocycles. The highest BCUT2D eigenvalue weighted by Crippen LogP contribution is 2.40. The fourth-order valence-corrected chi connectivity index (χ4v) is 3.18. The number of carbonyl (C=O) groups excluding carboxylic acids is 2. The van der Waals surface area contributed by atoms with E-state index in [1.54, 1.807) is 24.3 Å². The second-order valence-electron chi connectivity index (χ2n) is 7.35. The number of benzene rings is 1. The summed E-state index contributed by atoms with van der Waals surface area (Å²) < 4.78 is 0. The number of nitrogens with two attached hydrogens (primary N) is 1. The molecule has 0 aliphatic heterocycles. The first-order chi connectivity index (χ1) is 10.3. The predicted molar refractivity (Wildman–Crippen MR) is 88.5 cm³/mol. The molecule has 0 radical (unpaired) electrons. The first kappa shape index (κ1) is 16.5. The van der Waals surface area contributed by atoms with E-state index in [2.05, 4.69) is 26.1 Å². The largest absolute Gasteiger partial charge is 0.366 e. The van der Waals surface area contributed by atoms with Crippen molar-refractivity contribution in [3.05, 3.63) is 29.8 Å². The van der Waals surface area contributed by atoms with Crippen molar-refractivity contribution in [2.45, 2.75) is 46.5 Å². The molecule has 4 heteroatoms. The summed E-state index contributed by atoms with van der Waals surface area (Å²) in [6, 6.07) is 6.71. The van der Waals surface area contributed by atoms with Crippen molar-refractivity contribution in [2.75, 3.05) is 5.32 Å². The maximum Gasteiger partial charge on any atom is 0.248 e. The van der Waals surface area contributed by atoms with Crippen molar-refractivity contribution in [3.63, 3.8) is 0 Å². The Morgan fingerprint density at radius 3 is 2.05 bits per heavy atom. The molecule has 1 saturated carbocycles. The molecule has 0 heterocycles. The molecular formula is C18H26N2O2. The Hall–Kier alpha value is -1.84. The number of primary amides is 1. The van der Waals surface area contributed by atoms with Crippen LogP contribution in [0.3, 0.4) is 0 Å². The predicted octanol–water partition coefficient (Wildman–Crippen LogP) is 3.58. The number of hydrogen-bond donors (Lipinski definition) is 2. The Balaban J connectivity index is 1.89. The molecule has 1 aliphatic carbocycles. The number of anilines is 1. The fourth-order valence-electron chi connectivity index (χ4n) is 3.18. The summed E-state index contributed by atoms with van der Waals surface area (Å²) in [7, 11) is 0. The summed E-state index contributed by atoms with van der Waals surface area (Å²) in [5.74, 6) is 0.415. The molecule has 1 fully saturated rings. The normalized spacial score (nSPS) is 22.1. The van der Waals surface area contributed by atoms with E-state index in [-0.39, 0.29) is 11.8 Å². The molecule has 0 unspecified atom stereocenters. The SMILES string of the molecule is CC(C)(C)C1CCC(C(=O)Nc2ccc(C(N)=O)cc2)CC1. The van der Waals surface area contributed by atoms with E-state index in [0.717, 1.165) is 25.7 Å². The van der Waals surface area contributed by atoms with Crippen LogP contribution in [-0.2, 0) is 4.79 Å². The van der Waals surface area contributed by atoms with E-state index >= 15 is 0 Å². The van der Waals surface area contributed by atoms with E-state index in [9.17, 15) is 9.59 Å². The summed E-state index contributed by atoms with van der Waals surface area (Å²) in [5, 5.41) is 2.94. The lowest BCUT2D eigenvalue weighted by Crippen LogP contribution is -2.31. The van der Waals surface area contributed by atoms with Crippen LogP contribution in [0.15, 0.2) is 24.3 Å². The van der Waals surface area contributed by atoms with Crippen molar-refractivity contribution >= 4 is 17.5 Å². The maximum absolute atomic E-state index is 12.3. The van der Waals surface area contributed by atoms with Crippen molar-refractivity contribution in [3.8, 4) is 0 Å². The average molecular weight is 302 g/mol. The van der Waals surface area contributed by atoms with Gasteiger partial charge in [0.15, 0.2) is 0 Å². The van der Waals surface area contributed by atoms with Crippen LogP contribution in [0.2, 0.25) is 0 Å². The van der Waals surface area contributed by atoms with Gasteiger partial charge in [-0.1, -0.05) is 20.8 Å². The maximum atomic E-state index is 12.3. The van der Waals surface area contributed by atoms with Gasteiger partial charge in [0.25, 0.3) is 0 Å². The second-order valence-corrected chi connectivity index (χ2v) is 7.35. The van der Waals surface area contributed by atoms with Crippen molar-refractivity contribution in [1.82, 2.24) is 0 Å². The highest BCUT2D eigenvalue weighted by Gasteiger charge is 2.32. The Kier molecular flexibility index (Phi) is 4.89. The second kappa shape index (κ2) is 6.51. The van der Waals surface area contributed by atoms with Crippen molar-refractivity contribution in [2.24, 2.45) is 23.0 Å². The minimum Gasteiger partial charge on any atom is -0.366 e. The molecule has 22 heavy (non-hydrogen) atoms. The van der Waals surface area contributed by atoms with Gasteiger partial charge in [-0.05, 0) is 61.3 Å². The van der Waals surface area contributed by atoms with Crippen LogP contribution in [0.5, 0.6) is 0 Å². The third kappa shape index (κ3) is 4.09. The minimum atomic E-state index is -0.460. The van der Waals surface area contributed by atoms with E-state index in [1.807, 2.05) is 0 Å². The summed E-state index contributed by atoms with van der Waals surface area (Å²) in [4.78, 5) is 23.4. The molecule has 4 nitrogen and oxygen atoms in total. The lowest BCUT2D eigenvalue weighted by atomic mass is 9.69. The smallest absolute Gasteiger partial charge is 0.248 e. The summed E-state index contributed by atoms with van der Waals surface area (Å²) in [6.07, 6.45) is 4.13. The van der Waals surface area contributed by atoms with Gasteiger partial charge >= 0.3 is 0 Å². The highest BCUT2D eigenvalue weighted by atomic mass is 16.2. The van der Waals surface area contributed by atoms with Crippen LogP contribution >= 0.6 is 0 Å². The van der Waals surface area contributed by atoms with Gasteiger partial charge < -0.3 is 11.1 Å². The van der Waals surface area contributed by atoms with Gasteiger partial charge in [-0.25, -0.2) is 0 Å². The van der Waals surface area contributed by atoms with E-state index in [1.165, 1.54) is 0 Å². The Bertz CT molecular complexity index is 535. The van der Waals surface area contributed by atoms with Crippen molar-refractivity contribution in [1.29, 1.82) is 0 Å². The van der Waals surface area contributed by atoms with Gasteiger partial charge in [0, 0.05) is 17.2 Å². The highest BCUT2D eigenvalue weighted by molar-refractivity contribution is 5.95. The van der Waals surface area contributed by atoms with Crippen LogP contribution in [-0.4, -0.2) is 11.8 Å². The molecule has 1 aromatic rings. The number of rotatable bonds is 3. The van der Waals surface area contributed by atoms with Gasteiger partial charge in [0.1, 0.15) is 0 Å². The molecule has 0 spiro atoms. The molecule has 1 aliphatic rings. The van der Waals surface area contributed by atoms with Gasteiger partial charge in [-0.2, -0.15) is 0 Å². The van der Waals surface area contributed by atoms with Crippen LogP contribution in [0.25, 0.3) is 0 Å². The third-order valence-corrected chi connectivity index (χ3v) is 4.76. The van der Waals surface area contributed by atoms with E-state index in [0.29, 0.717) is 22.6 Å². The molecule has 120 valence electrons. The van der Waals surface area contributed by atoms with Crippen LogP contribution in [0.1, 0.15) is 56.8 Å². The minimum absolute atomic E-state index is 0.0826. The summed E-state index contributed by atoms with van der Waals surface area (Å²) in [5.41, 5.74) is 6.69. The molecule has 1 aromatic carbocycles. The zero-order valence-corrected chi connectivity index (χ0v) is 13.7. The Morgan fingerprint density at radius 1 is 1.05 bits per heavy atom. The fraction of sp³-hybridized carbons (Fsp3) is 0.556. The van der Waals surface area contributed by atoms with Crippen LogP contribution in [0.4, 0.5) is 5.69 Å². The average Bonchev–Trinajstić information content (AvgIpc) is 2.47. The van der Waals surface area contributed by atoms with Gasteiger partial charge in [0.05, 0.1) is 0 Å². The molecule has 0 atom stereocenters. The Labute approximate surface area is 132 Å². The van der Waals surface area contributed by atoms with Crippen LogP contribution in [0, 0.1) is 17.3 Å². The zero-order chi connectivity index (χ0) is 16.3. The first-order valence-electron chi connectivity index (χ1n) is 7.98. The number of nitrogens with one attached hydrogen (secondary N) is 1. The molecular weight excluding hydrogens is 276 g/mol. The lowest BCUT2D eigenvalue weighted by molar-refractivity contribution is -0.121. The standard InChI is InChI=1S/C18H26N2O2/c1-18(2,3)14-8-4-13(5-9-14)17(22)20-15-10-6-12(7-11-15)16(19)21/h6-7,10-11,13-14H,4-5,8-9H2,1-3H3,(H2,19,21)(H,20,22). The summed E-state index contributed by atoms with van der Waals surface area (Å²) in [6.45, 7) is 6.83. The summed E-state index contributed by atoms with van der Waals surface area (Å²) >= 11 is 0. The van der Waals surface area contributed by atoms with Gasteiger partial charge in [-0.15, -0.1) is 0 Å². The van der Waals surface area contributed by atoms with Crippen molar-refractivity contribution < 1.29 is 9.59 Å². The molecule has 3 N–H and O–H groups in total. The molecule has 0 bridgehead atoms. The van der Waals surface area contributed by atoms with E-state index in [4.69, 9.17) is 5.73 Å². The topological polar surface area (TPSA) is 72.2 Å². The number of hydrogen-bond acceptors (Lipinski definition) is 2. The van der Waals surface area contributed by atoms with E-state index < -0.39 is 5.91 Å². The third-order valence-electron chi connectivity index (χ3n) is 4.76. The quantitative estimate of drug-likeness (QED) is 0.895. The first-order valence-corrected chi connectivity index (χ1v) is 7.98. The van der Waals surface area contributed by atoms with Crippen LogP contribution < -0.4 is 11.1 Å². The lowest BCUT2D eigenvalue weighted by Gasteiger charge is -2.36. The zero-order valence-electron chi connectivity index (χ0n) is 13.7.